The lowest BCUT2D eigenvalue weighted by atomic mass is 9.84. The third kappa shape index (κ3) is 1.19. The van der Waals surface area contributed by atoms with E-state index in [9.17, 15) is 4.79 Å². The Kier molecular flexibility index (Phi) is 1.96. The second-order valence-electron chi connectivity index (χ2n) is 4.58. The molecule has 0 radical (unpaired) electrons. The van der Waals surface area contributed by atoms with Crippen LogP contribution in [-0.2, 0) is 11.8 Å². The molecule has 2 N–H and O–H groups in total. The zero-order valence-corrected chi connectivity index (χ0v) is 9.62. The molecule has 0 saturated carbocycles. The number of nitrogen functional groups attached to an aromatic ring is 1. The molecule has 0 spiro atoms. The quantitative estimate of drug-likeness (QED) is 0.723. The topological polar surface area (TPSA) is 43.1 Å². The van der Waals surface area contributed by atoms with Crippen LogP contribution < -0.4 is 5.73 Å². The van der Waals surface area contributed by atoms with Crippen molar-refractivity contribution in [1.82, 2.24) is 0 Å². The largest absolute Gasteiger partial charge is 0.390 e. The Balaban J connectivity index is 2.68. The first-order valence-electron chi connectivity index (χ1n) is 4.86. The van der Waals surface area contributed by atoms with Gasteiger partial charge in [-0.05, 0) is 30.7 Å². The van der Waals surface area contributed by atoms with Crippen molar-refractivity contribution in [2.45, 2.75) is 39.0 Å². The molecule has 0 atom stereocenters. The maximum absolute atomic E-state index is 11.5. The summed E-state index contributed by atoms with van der Waals surface area (Å²) >= 11 is 1.59. The normalized spacial score (nSPS) is 18.2. The molecule has 0 aliphatic heterocycles. The van der Waals surface area contributed by atoms with Crippen molar-refractivity contribution in [1.29, 1.82) is 0 Å². The van der Waals surface area contributed by atoms with Crippen molar-refractivity contribution in [3.8, 4) is 0 Å². The van der Waals surface area contributed by atoms with Crippen molar-refractivity contribution in [3.05, 3.63) is 16.0 Å². The van der Waals surface area contributed by atoms with E-state index in [1.165, 1.54) is 10.4 Å². The first-order chi connectivity index (χ1) is 6.43. The van der Waals surface area contributed by atoms with E-state index in [0.29, 0.717) is 5.00 Å². The van der Waals surface area contributed by atoms with Gasteiger partial charge in [-0.3, -0.25) is 4.79 Å². The summed E-state index contributed by atoms with van der Waals surface area (Å²) in [5.41, 5.74) is 8.00. The zero-order valence-electron chi connectivity index (χ0n) is 8.81. The third-order valence-electron chi connectivity index (χ3n) is 3.01. The summed E-state index contributed by atoms with van der Waals surface area (Å²) < 4.78 is 0. The van der Waals surface area contributed by atoms with Crippen LogP contribution in [0.2, 0.25) is 0 Å². The van der Waals surface area contributed by atoms with Gasteiger partial charge in [0.05, 0.1) is 10.6 Å². The molecule has 1 heterocycles. The van der Waals surface area contributed by atoms with E-state index in [1.807, 2.05) is 0 Å². The van der Waals surface area contributed by atoms with Gasteiger partial charge < -0.3 is 5.73 Å². The van der Waals surface area contributed by atoms with Gasteiger partial charge in [-0.15, -0.1) is 11.3 Å². The van der Waals surface area contributed by atoms with Crippen molar-refractivity contribution < 1.29 is 4.79 Å². The van der Waals surface area contributed by atoms with Crippen molar-refractivity contribution in [2.75, 3.05) is 5.73 Å². The second-order valence-corrected chi connectivity index (χ2v) is 5.72. The number of carbonyl (C=O) groups is 1. The van der Waals surface area contributed by atoms with Gasteiger partial charge in [-0.2, -0.15) is 0 Å². The van der Waals surface area contributed by atoms with Crippen molar-refractivity contribution in [2.24, 2.45) is 0 Å². The van der Waals surface area contributed by atoms with Gasteiger partial charge in [-0.25, -0.2) is 0 Å². The summed E-state index contributed by atoms with van der Waals surface area (Å²) in [6.45, 7) is 5.99. The van der Waals surface area contributed by atoms with E-state index in [0.717, 1.165) is 18.4 Å². The minimum absolute atomic E-state index is 0.106. The second kappa shape index (κ2) is 2.83. The molecule has 0 fully saturated rings. The van der Waals surface area contributed by atoms with Crippen molar-refractivity contribution >= 4 is 22.1 Å². The SMILES string of the molecule is CC(=O)c1c(N)sc2c1C(C)(C)CC2. The number of carbonyl (C=O) groups excluding carboxylic acids is 1. The van der Waals surface area contributed by atoms with Gasteiger partial charge in [0.25, 0.3) is 0 Å². The molecule has 1 aromatic rings. The van der Waals surface area contributed by atoms with Gasteiger partial charge >= 0.3 is 0 Å². The van der Waals surface area contributed by atoms with Crippen LogP contribution in [0.1, 0.15) is 48.0 Å². The van der Waals surface area contributed by atoms with Crippen LogP contribution in [0.4, 0.5) is 5.00 Å². The van der Waals surface area contributed by atoms with E-state index >= 15 is 0 Å². The van der Waals surface area contributed by atoms with E-state index in [2.05, 4.69) is 13.8 Å². The molecule has 14 heavy (non-hydrogen) atoms. The number of ketones is 1. The first kappa shape index (κ1) is 9.71. The third-order valence-corrected chi connectivity index (χ3v) is 4.09. The molecule has 1 aliphatic carbocycles. The Labute approximate surface area is 88.1 Å². The van der Waals surface area contributed by atoms with Crippen LogP contribution in [0.3, 0.4) is 0 Å². The highest BCUT2D eigenvalue weighted by Gasteiger charge is 2.36. The monoisotopic (exact) mass is 209 g/mol. The molecule has 2 rings (SSSR count). The molecule has 1 aliphatic rings. The molecule has 0 aromatic carbocycles. The van der Waals surface area contributed by atoms with Gasteiger partial charge in [0.2, 0.25) is 0 Å². The highest BCUT2D eigenvalue weighted by molar-refractivity contribution is 7.16. The maximum Gasteiger partial charge on any atom is 0.163 e. The first-order valence-corrected chi connectivity index (χ1v) is 5.67. The molecule has 0 bridgehead atoms. The number of thiophene rings is 1. The Morgan fingerprint density at radius 3 is 2.71 bits per heavy atom. The minimum atomic E-state index is 0.106. The van der Waals surface area contributed by atoms with Crippen LogP contribution in [0, 0.1) is 0 Å². The van der Waals surface area contributed by atoms with Gasteiger partial charge in [0.15, 0.2) is 5.78 Å². The van der Waals surface area contributed by atoms with Crippen LogP contribution in [0.25, 0.3) is 0 Å². The smallest absolute Gasteiger partial charge is 0.163 e. The Hall–Kier alpha value is -0.830. The fourth-order valence-corrected chi connectivity index (χ4v) is 3.59. The van der Waals surface area contributed by atoms with E-state index in [-0.39, 0.29) is 11.2 Å². The maximum atomic E-state index is 11.5. The summed E-state index contributed by atoms with van der Waals surface area (Å²) in [5.74, 6) is 0.106. The fraction of sp³-hybridized carbons (Fsp3) is 0.545. The summed E-state index contributed by atoms with van der Waals surface area (Å²) in [6.07, 6.45) is 2.21. The standard InChI is InChI=1S/C11H15NOS/c1-6(13)8-9-7(14-10(8)12)4-5-11(9,2)3/h4-5,12H2,1-3H3. The predicted octanol–water partition coefficient (Wildman–Crippen LogP) is 2.76. The summed E-state index contributed by atoms with van der Waals surface area (Å²) in [5, 5.41) is 0.704. The number of anilines is 1. The Morgan fingerprint density at radius 1 is 1.50 bits per heavy atom. The van der Waals surface area contributed by atoms with E-state index < -0.39 is 0 Å². The number of fused-ring (bicyclic) bond motifs is 1. The van der Waals surface area contributed by atoms with E-state index in [4.69, 9.17) is 5.73 Å². The molecular weight excluding hydrogens is 194 g/mol. The van der Waals surface area contributed by atoms with Gasteiger partial charge in [0, 0.05) is 4.88 Å². The van der Waals surface area contributed by atoms with Crippen LogP contribution >= 0.6 is 11.3 Å². The molecular formula is C11H15NOS. The Bertz CT molecular complexity index is 404. The minimum Gasteiger partial charge on any atom is -0.390 e. The van der Waals surface area contributed by atoms with Crippen LogP contribution in [0.5, 0.6) is 0 Å². The molecule has 0 saturated heterocycles. The van der Waals surface area contributed by atoms with Crippen LogP contribution in [0.15, 0.2) is 0 Å². The number of hydrogen-bond donors (Lipinski definition) is 1. The molecule has 0 unspecified atom stereocenters. The highest BCUT2D eigenvalue weighted by atomic mass is 32.1. The van der Waals surface area contributed by atoms with Crippen molar-refractivity contribution in [3.63, 3.8) is 0 Å². The molecule has 0 amide bonds. The Morgan fingerprint density at radius 2 is 2.14 bits per heavy atom. The molecule has 1 aromatic heterocycles. The number of nitrogens with two attached hydrogens (primary N) is 1. The average molecular weight is 209 g/mol. The molecule has 3 heteroatoms. The number of hydrogen-bond acceptors (Lipinski definition) is 3. The highest BCUT2D eigenvalue weighted by Crippen LogP contribution is 2.47. The average Bonchev–Trinajstić information content (AvgIpc) is 2.50. The summed E-state index contributed by atoms with van der Waals surface area (Å²) in [7, 11) is 0. The number of aryl methyl sites for hydroxylation is 1. The lowest BCUT2D eigenvalue weighted by molar-refractivity contribution is 0.101. The summed E-state index contributed by atoms with van der Waals surface area (Å²) in [6, 6.07) is 0. The van der Waals surface area contributed by atoms with Gasteiger partial charge in [-0.1, -0.05) is 13.8 Å². The lowest BCUT2D eigenvalue weighted by Gasteiger charge is -2.19. The number of Topliss-reactive ketones (excluding diaryl/α,β-unsaturated/α-hetero) is 1. The lowest BCUT2D eigenvalue weighted by Crippen LogP contribution is -2.15. The molecule has 2 nitrogen and oxygen atoms in total. The van der Waals surface area contributed by atoms with Gasteiger partial charge in [0.1, 0.15) is 0 Å². The zero-order chi connectivity index (χ0) is 10.5. The molecule has 76 valence electrons. The summed E-state index contributed by atoms with van der Waals surface area (Å²) in [4.78, 5) is 12.8. The fourth-order valence-electron chi connectivity index (χ4n) is 2.29. The number of rotatable bonds is 1. The van der Waals surface area contributed by atoms with Crippen LogP contribution in [-0.4, -0.2) is 5.78 Å². The predicted molar refractivity (Wildman–Crippen MR) is 60.1 cm³/mol. The van der Waals surface area contributed by atoms with E-state index in [1.54, 1.807) is 18.3 Å².